The van der Waals surface area contributed by atoms with E-state index in [4.69, 9.17) is 4.42 Å². The molecule has 0 saturated carbocycles. The van der Waals surface area contributed by atoms with Crippen molar-refractivity contribution in [2.45, 2.75) is 70.8 Å². The Hall–Kier alpha value is -3.37. The van der Waals surface area contributed by atoms with Crippen LogP contribution in [0.1, 0.15) is 92.5 Å². The predicted molar refractivity (Wildman–Crippen MR) is 147 cm³/mol. The van der Waals surface area contributed by atoms with E-state index in [-0.39, 0.29) is 29.2 Å². The maximum Gasteiger partial charge on any atom is 0.127 e. The molecule has 0 spiro atoms. The quantitative estimate of drug-likeness (QED) is 0.281. The summed E-state index contributed by atoms with van der Waals surface area (Å²) in [6.07, 6.45) is 1.55. The van der Waals surface area contributed by atoms with Crippen LogP contribution in [0.2, 0.25) is 0 Å². The molecule has 1 heterocycles. The van der Waals surface area contributed by atoms with E-state index in [0.29, 0.717) is 22.6 Å². The fraction of sp³-hybridized carbons (Fsp3) is 0.333. The van der Waals surface area contributed by atoms with Crippen LogP contribution in [-0.2, 0) is 17.4 Å². The van der Waals surface area contributed by atoms with Gasteiger partial charge >= 0.3 is 0 Å². The molecule has 3 nitrogen and oxygen atoms in total. The topological polar surface area (TPSA) is 53.6 Å². The van der Waals surface area contributed by atoms with Gasteiger partial charge in [0.1, 0.15) is 17.3 Å². The Labute approximate surface area is 219 Å². The first-order valence-electron chi connectivity index (χ1n) is 12.8. The third-order valence-electron chi connectivity index (χ3n) is 7.07. The van der Waals surface area contributed by atoms with Crippen molar-refractivity contribution in [3.63, 3.8) is 0 Å². The Balaban J connectivity index is 2.11. The second-order valence-corrected chi connectivity index (χ2v) is 11.8. The molecular formula is C33H37FO3. The second kappa shape index (κ2) is 10.2. The Morgan fingerprint density at radius 1 is 0.757 bits per heavy atom. The summed E-state index contributed by atoms with van der Waals surface area (Å²) in [7, 11) is 0. The number of aliphatic hydroxyl groups is 1. The number of halogens is 1. The molecule has 0 bridgehead atoms. The first kappa shape index (κ1) is 26.7. The Morgan fingerprint density at radius 3 is 1.86 bits per heavy atom. The highest BCUT2D eigenvalue weighted by atomic mass is 19.1. The molecule has 0 fully saturated rings. The van der Waals surface area contributed by atoms with Crippen LogP contribution in [-0.4, -0.2) is 10.2 Å². The lowest BCUT2D eigenvalue weighted by Crippen LogP contribution is -2.21. The zero-order valence-electron chi connectivity index (χ0n) is 22.5. The SMILES string of the molecule is CC(C)(C)c1cc([C@@H](c2ccccc2)[C@@H](c2ccccc2F)c2occc2CO)cc(C(C)(C)C)c1O. The number of phenols is 1. The lowest BCUT2D eigenvalue weighted by Gasteiger charge is -2.33. The van der Waals surface area contributed by atoms with Crippen molar-refractivity contribution in [2.24, 2.45) is 0 Å². The first-order valence-corrected chi connectivity index (χ1v) is 12.8. The molecule has 0 aliphatic rings. The van der Waals surface area contributed by atoms with E-state index in [1.807, 2.05) is 36.4 Å². The summed E-state index contributed by atoms with van der Waals surface area (Å²) in [5.41, 5.74) is 4.08. The largest absolute Gasteiger partial charge is 0.507 e. The first-order chi connectivity index (χ1) is 17.4. The fourth-order valence-electron chi connectivity index (χ4n) is 5.17. The van der Waals surface area contributed by atoms with Crippen molar-refractivity contribution < 1.29 is 19.0 Å². The normalized spacial score (nSPS) is 13.9. The van der Waals surface area contributed by atoms with Gasteiger partial charge in [0.2, 0.25) is 0 Å². The average molecular weight is 501 g/mol. The highest BCUT2D eigenvalue weighted by Gasteiger charge is 2.36. The van der Waals surface area contributed by atoms with Gasteiger partial charge in [0, 0.05) is 11.5 Å². The zero-order chi connectivity index (χ0) is 27.0. The minimum absolute atomic E-state index is 0.214. The van der Waals surface area contributed by atoms with Crippen LogP contribution in [0, 0.1) is 5.82 Å². The maximum atomic E-state index is 15.5. The van der Waals surface area contributed by atoms with Gasteiger partial charge in [-0.05, 0) is 50.8 Å². The van der Waals surface area contributed by atoms with Crippen LogP contribution in [0.25, 0.3) is 0 Å². The summed E-state index contributed by atoms with van der Waals surface area (Å²) < 4.78 is 21.5. The number of phenolic OH excluding ortho intramolecular Hbond substituents is 1. The van der Waals surface area contributed by atoms with E-state index in [2.05, 4.69) is 53.7 Å². The van der Waals surface area contributed by atoms with Crippen molar-refractivity contribution in [3.05, 3.63) is 124 Å². The van der Waals surface area contributed by atoms with Gasteiger partial charge < -0.3 is 14.6 Å². The van der Waals surface area contributed by atoms with Crippen molar-refractivity contribution in [2.75, 3.05) is 0 Å². The van der Waals surface area contributed by atoms with Gasteiger partial charge in [0.25, 0.3) is 0 Å². The lowest BCUT2D eigenvalue weighted by molar-refractivity contribution is 0.276. The second-order valence-electron chi connectivity index (χ2n) is 11.8. The number of furan rings is 1. The van der Waals surface area contributed by atoms with E-state index in [9.17, 15) is 10.2 Å². The van der Waals surface area contributed by atoms with Gasteiger partial charge in [-0.2, -0.15) is 0 Å². The maximum absolute atomic E-state index is 15.5. The standard InChI is InChI=1S/C33H37FO3/c1-32(2,3)25-18-23(19-26(30(25)36)33(4,5)6)28(21-12-8-7-9-13-21)29(24-14-10-11-15-27(24)34)31-22(20-35)16-17-37-31/h7-19,28-29,35-36H,20H2,1-6H3/t28-,29-/m1/s1. The van der Waals surface area contributed by atoms with Gasteiger partial charge in [-0.25, -0.2) is 4.39 Å². The minimum Gasteiger partial charge on any atom is -0.507 e. The molecule has 1 aromatic heterocycles. The molecule has 4 aromatic rings. The fourth-order valence-corrected chi connectivity index (χ4v) is 5.17. The van der Waals surface area contributed by atoms with Gasteiger partial charge in [0.05, 0.1) is 18.8 Å². The number of rotatable bonds is 6. The van der Waals surface area contributed by atoms with Crippen LogP contribution in [0.5, 0.6) is 5.75 Å². The van der Waals surface area contributed by atoms with Gasteiger partial charge in [-0.1, -0.05) is 102 Å². The molecule has 0 unspecified atom stereocenters. The molecule has 2 N–H and O–H groups in total. The Kier molecular flexibility index (Phi) is 7.34. The van der Waals surface area contributed by atoms with Gasteiger partial charge in [-0.3, -0.25) is 0 Å². The van der Waals surface area contributed by atoms with Crippen LogP contribution >= 0.6 is 0 Å². The number of aromatic hydroxyl groups is 1. The molecule has 0 aliphatic carbocycles. The van der Waals surface area contributed by atoms with Crippen molar-refractivity contribution >= 4 is 0 Å². The van der Waals surface area contributed by atoms with Crippen molar-refractivity contribution in [1.29, 1.82) is 0 Å². The molecule has 0 saturated heterocycles. The van der Waals surface area contributed by atoms with E-state index >= 15 is 4.39 Å². The zero-order valence-corrected chi connectivity index (χ0v) is 22.5. The lowest BCUT2D eigenvalue weighted by atomic mass is 9.71. The molecule has 3 aromatic carbocycles. The third kappa shape index (κ3) is 5.35. The summed E-state index contributed by atoms with van der Waals surface area (Å²) in [5.74, 6) is -0.404. The van der Waals surface area contributed by atoms with Crippen molar-refractivity contribution in [1.82, 2.24) is 0 Å². The molecule has 4 rings (SSSR count). The van der Waals surface area contributed by atoms with E-state index in [1.54, 1.807) is 24.5 Å². The highest BCUT2D eigenvalue weighted by Crippen LogP contribution is 2.48. The molecule has 37 heavy (non-hydrogen) atoms. The number of benzene rings is 3. The predicted octanol–water partition coefficient (Wildman–Crippen LogP) is 8.18. The summed E-state index contributed by atoms with van der Waals surface area (Å²) >= 11 is 0. The van der Waals surface area contributed by atoms with Crippen LogP contribution < -0.4 is 0 Å². The molecule has 0 amide bonds. The monoisotopic (exact) mass is 500 g/mol. The number of hydrogen-bond acceptors (Lipinski definition) is 3. The number of hydrogen-bond donors (Lipinski definition) is 2. The molecule has 2 atom stereocenters. The van der Waals surface area contributed by atoms with E-state index < -0.39 is 5.92 Å². The molecule has 194 valence electrons. The van der Waals surface area contributed by atoms with E-state index in [1.165, 1.54) is 6.07 Å². The summed E-state index contributed by atoms with van der Waals surface area (Å²) in [5, 5.41) is 21.5. The van der Waals surface area contributed by atoms with Crippen LogP contribution in [0.3, 0.4) is 0 Å². The van der Waals surface area contributed by atoms with Gasteiger partial charge in [0.15, 0.2) is 0 Å². The summed E-state index contributed by atoms with van der Waals surface area (Å²) in [6.45, 7) is 12.3. The molecular weight excluding hydrogens is 463 g/mol. The highest BCUT2D eigenvalue weighted by molar-refractivity contribution is 5.54. The van der Waals surface area contributed by atoms with Crippen molar-refractivity contribution in [3.8, 4) is 5.75 Å². The van der Waals surface area contributed by atoms with E-state index in [0.717, 1.165) is 22.3 Å². The molecule has 4 heteroatoms. The Morgan fingerprint density at radius 2 is 1.32 bits per heavy atom. The average Bonchev–Trinajstić information content (AvgIpc) is 3.31. The molecule has 0 aliphatic heterocycles. The number of aliphatic hydroxyl groups excluding tert-OH is 1. The third-order valence-corrected chi connectivity index (χ3v) is 7.07. The smallest absolute Gasteiger partial charge is 0.127 e. The summed E-state index contributed by atoms with van der Waals surface area (Å²) in [6, 6.07) is 22.6. The minimum atomic E-state index is -0.550. The van der Waals surface area contributed by atoms with Gasteiger partial charge in [-0.15, -0.1) is 0 Å². The summed E-state index contributed by atoms with van der Waals surface area (Å²) in [4.78, 5) is 0. The molecule has 0 radical (unpaired) electrons. The van der Waals surface area contributed by atoms with Crippen LogP contribution in [0.4, 0.5) is 4.39 Å². The van der Waals surface area contributed by atoms with Crippen LogP contribution in [0.15, 0.2) is 83.5 Å². The Bertz CT molecular complexity index is 1320.